The Morgan fingerprint density at radius 1 is 0.722 bits per heavy atom. The van der Waals surface area contributed by atoms with Crippen LogP contribution >= 0.6 is 0 Å². The van der Waals surface area contributed by atoms with Gasteiger partial charge in [-0.05, 0) is 11.6 Å². The van der Waals surface area contributed by atoms with E-state index in [0.717, 1.165) is 44.2 Å². The van der Waals surface area contributed by atoms with Crippen LogP contribution in [-0.4, -0.2) is 65.4 Å². The summed E-state index contributed by atoms with van der Waals surface area (Å²) in [6.07, 6.45) is -3.47. The lowest BCUT2D eigenvalue weighted by Crippen LogP contribution is -2.53. The van der Waals surface area contributed by atoms with Gasteiger partial charge >= 0.3 is 29.8 Å². The van der Waals surface area contributed by atoms with Crippen LogP contribution in [0.15, 0.2) is 30.5 Å². The molecule has 36 heavy (non-hydrogen) atoms. The quantitative estimate of drug-likeness (QED) is 0.329. The second-order valence-electron chi connectivity index (χ2n) is 8.23. The van der Waals surface area contributed by atoms with E-state index in [-0.39, 0.29) is 6.42 Å². The number of benzene rings is 1. The van der Waals surface area contributed by atoms with Gasteiger partial charge in [0.25, 0.3) is 0 Å². The zero-order chi connectivity index (χ0) is 27.0. The van der Waals surface area contributed by atoms with Gasteiger partial charge in [0.1, 0.15) is 12.7 Å². The van der Waals surface area contributed by atoms with Crippen LogP contribution in [0.1, 0.15) is 40.2 Å². The molecule has 0 amide bonds. The van der Waals surface area contributed by atoms with E-state index in [2.05, 4.69) is 0 Å². The Labute approximate surface area is 208 Å². The van der Waals surface area contributed by atoms with Crippen LogP contribution in [0.2, 0.25) is 0 Å². The second kappa shape index (κ2) is 12.7. The normalized spacial score (nSPS) is 14.2. The molecule has 0 spiro atoms. The van der Waals surface area contributed by atoms with Crippen molar-refractivity contribution in [1.82, 2.24) is 4.57 Å². The lowest BCUT2D eigenvalue weighted by Gasteiger charge is -2.35. The van der Waals surface area contributed by atoms with Gasteiger partial charge < -0.3 is 28.3 Å². The maximum Gasteiger partial charge on any atom is 0.303 e. The van der Waals surface area contributed by atoms with Crippen molar-refractivity contribution in [3.63, 3.8) is 0 Å². The molecular weight excluding hydrogens is 474 g/mol. The fourth-order valence-corrected chi connectivity index (χ4v) is 3.94. The van der Waals surface area contributed by atoms with E-state index >= 15 is 0 Å². The minimum atomic E-state index is -1.46. The molecule has 4 atom stereocenters. The molecule has 2 rings (SSSR count). The van der Waals surface area contributed by atoms with E-state index in [0.29, 0.717) is 0 Å². The summed E-state index contributed by atoms with van der Waals surface area (Å²) >= 11 is 0. The second-order valence-corrected chi connectivity index (χ2v) is 8.23. The van der Waals surface area contributed by atoms with Gasteiger partial charge in [-0.25, -0.2) is 0 Å². The van der Waals surface area contributed by atoms with E-state index in [1.54, 1.807) is 0 Å². The van der Waals surface area contributed by atoms with Gasteiger partial charge in [0, 0.05) is 65.2 Å². The number of esters is 5. The first-order valence-corrected chi connectivity index (χ1v) is 11.2. The lowest BCUT2D eigenvalue weighted by atomic mass is 9.96. The largest absolute Gasteiger partial charge is 0.462 e. The maximum absolute atomic E-state index is 12.1. The summed E-state index contributed by atoms with van der Waals surface area (Å²) in [5.41, 5.74) is 1.68. The first-order chi connectivity index (χ1) is 16.9. The third kappa shape index (κ3) is 8.10. The SMILES string of the molecule is CC(=O)OC[C@H](OC(C)=O)[C@@H](OC(C)=O)[C@H](OC(C)=O)C(Cc1cn(C)c2ccccc12)OC(C)=O. The number of aromatic nitrogens is 1. The Bertz CT molecular complexity index is 1120. The molecule has 0 fully saturated rings. The summed E-state index contributed by atoms with van der Waals surface area (Å²) in [4.78, 5) is 59.5. The Hall–Kier alpha value is -3.89. The van der Waals surface area contributed by atoms with E-state index < -0.39 is 60.9 Å². The molecule has 11 heteroatoms. The molecule has 1 unspecified atom stereocenters. The average Bonchev–Trinajstić information content (AvgIpc) is 3.08. The highest BCUT2D eigenvalue weighted by molar-refractivity contribution is 5.84. The van der Waals surface area contributed by atoms with E-state index in [1.165, 1.54) is 6.92 Å². The van der Waals surface area contributed by atoms with Gasteiger partial charge in [-0.1, -0.05) is 18.2 Å². The summed E-state index contributed by atoms with van der Waals surface area (Å²) in [6, 6.07) is 7.55. The molecule has 2 aromatic rings. The van der Waals surface area contributed by atoms with Crippen molar-refractivity contribution >= 4 is 40.7 Å². The van der Waals surface area contributed by atoms with Crippen LogP contribution in [-0.2, 0) is 61.1 Å². The number of nitrogens with zero attached hydrogens (tertiary/aromatic N) is 1. The number of ether oxygens (including phenoxy) is 5. The third-order valence-electron chi connectivity index (χ3n) is 5.15. The first kappa shape index (κ1) is 28.3. The molecule has 1 aromatic heterocycles. The molecule has 0 saturated heterocycles. The predicted molar refractivity (Wildman–Crippen MR) is 125 cm³/mol. The van der Waals surface area contributed by atoms with Crippen molar-refractivity contribution in [2.75, 3.05) is 6.61 Å². The standard InChI is InChI=1S/C25H31NO10/c1-14(27)32-13-23(34-16(3)29)25(36-18(5)31)24(35-17(4)30)22(33-15(2)28)11-19-12-26(6)21-10-8-7-9-20(19)21/h7-10,12,22-25H,11,13H2,1-6H3/t22?,23-,24+,25+/m0/s1. The minimum absolute atomic E-state index is 0.0665. The number of hydrogen-bond donors (Lipinski definition) is 0. The fourth-order valence-electron chi connectivity index (χ4n) is 3.94. The Kier molecular flexibility index (Phi) is 10.0. The molecule has 0 radical (unpaired) electrons. The van der Waals surface area contributed by atoms with E-state index in [9.17, 15) is 24.0 Å². The van der Waals surface area contributed by atoms with E-state index in [1.807, 2.05) is 42.1 Å². The van der Waals surface area contributed by atoms with Crippen molar-refractivity contribution in [3.8, 4) is 0 Å². The van der Waals surface area contributed by atoms with Gasteiger partial charge in [-0.2, -0.15) is 0 Å². The summed E-state index contributed by atoms with van der Waals surface area (Å²) < 4.78 is 28.7. The lowest BCUT2D eigenvalue weighted by molar-refractivity contribution is -0.202. The van der Waals surface area contributed by atoms with Crippen molar-refractivity contribution in [1.29, 1.82) is 0 Å². The highest BCUT2D eigenvalue weighted by Crippen LogP contribution is 2.27. The van der Waals surface area contributed by atoms with Crippen LogP contribution < -0.4 is 0 Å². The summed E-state index contributed by atoms with van der Waals surface area (Å²) in [5.74, 6) is -3.66. The summed E-state index contributed by atoms with van der Waals surface area (Å²) in [7, 11) is 1.85. The van der Waals surface area contributed by atoms with Crippen molar-refractivity contribution in [2.45, 2.75) is 65.5 Å². The third-order valence-corrected chi connectivity index (χ3v) is 5.15. The van der Waals surface area contributed by atoms with Gasteiger partial charge in [-0.15, -0.1) is 0 Å². The van der Waals surface area contributed by atoms with Crippen LogP contribution in [0.3, 0.4) is 0 Å². The number of aryl methyl sites for hydroxylation is 1. The number of carbonyl (C=O) groups is 5. The van der Waals surface area contributed by atoms with E-state index in [4.69, 9.17) is 23.7 Å². The minimum Gasteiger partial charge on any atom is -0.462 e. The molecule has 0 aliphatic carbocycles. The molecule has 1 aromatic carbocycles. The van der Waals surface area contributed by atoms with Crippen LogP contribution in [0.5, 0.6) is 0 Å². The van der Waals surface area contributed by atoms with Crippen molar-refractivity contribution in [2.24, 2.45) is 7.05 Å². The summed E-state index contributed by atoms with van der Waals surface area (Å²) in [6.45, 7) is 5.20. The molecule has 196 valence electrons. The summed E-state index contributed by atoms with van der Waals surface area (Å²) in [5, 5.41) is 0.874. The molecule has 1 heterocycles. The predicted octanol–water partition coefficient (Wildman–Crippen LogP) is 2.01. The molecular formula is C25H31NO10. The molecule has 0 N–H and O–H groups in total. The zero-order valence-electron chi connectivity index (χ0n) is 21.1. The van der Waals surface area contributed by atoms with Crippen molar-refractivity contribution < 1.29 is 47.7 Å². The van der Waals surface area contributed by atoms with Crippen LogP contribution in [0.4, 0.5) is 0 Å². The Morgan fingerprint density at radius 2 is 1.22 bits per heavy atom. The molecule has 0 aliphatic heterocycles. The van der Waals surface area contributed by atoms with Crippen LogP contribution in [0, 0.1) is 0 Å². The smallest absolute Gasteiger partial charge is 0.303 e. The average molecular weight is 506 g/mol. The molecule has 11 nitrogen and oxygen atoms in total. The van der Waals surface area contributed by atoms with Crippen molar-refractivity contribution in [3.05, 3.63) is 36.0 Å². The zero-order valence-corrected chi connectivity index (χ0v) is 21.1. The highest BCUT2D eigenvalue weighted by Gasteiger charge is 2.44. The highest BCUT2D eigenvalue weighted by atomic mass is 16.6. The number of carbonyl (C=O) groups excluding carboxylic acids is 5. The molecule has 0 saturated carbocycles. The number of hydrogen-bond acceptors (Lipinski definition) is 10. The Balaban J connectivity index is 2.59. The topological polar surface area (TPSA) is 136 Å². The van der Waals surface area contributed by atoms with Crippen LogP contribution in [0.25, 0.3) is 10.9 Å². The monoisotopic (exact) mass is 505 g/mol. The fraction of sp³-hybridized carbons (Fsp3) is 0.480. The molecule has 0 aliphatic rings. The number of para-hydroxylation sites is 1. The van der Waals surface area contributed by atoms with Gasteiger partial charge in [0.2, 0.25) is 0 Å². The van der Waals surface area contributed by atoms with Gasteiger partial charge in [0.05, 0.1) is 0 Å². The molecule has 0 bridgehead atoms. The Morgan fingerprint density at radius 3 is 1.75 bits per heavy atom. The maximum atomic E-state index is 12.1. The van der Waals surface area contributed by atoms with Gasteiger partial charge in [-0.3, -0.25) is 24.0 Å². The first-order valence-electron chi connectivity index (χ1n) is 11.2. The number of rotatable bonds is 11. The van der Waals surface area contributed by atoms with Gasteiger partial charge in [0.15, 0.2) is 18.3 Å². The number of fused-ring (bicyclic) bond motifs is 1.